The summed E-state index contributed by atoms with van der Waals surface area (Å²) in [6.07, 6.45) is -2.19. The van der Waals surface area contributed by atoms with Gasteiger partial charge < -0.3 is 15.4 Å². The lowest BCUT2D eigenvalue weighted by atomic mass is 10.1. The lowest BCUT2D eigenvalue weighted by Crippen LogP contribution is -2.41. The summed E-state index contributed by atoms with van der Waals surface area (Å²) in [5.74, 6) is 0.316. The molecule has 2 N–H and O–H groups in total. The van der Waals surface area contributed by atoms with Gasteiger partial charge in [0.1, 0.15) is 5.75 Å². The SMILES string of the molecule is CSCC[C@H](N)C(=O)N(C)Cc1ccc(OC(F)(F)F)cc1.Cl. The second kappa shape index (κ2) is 9.89. The number of likely N-dealkylation sites (N-methyl/N-ethyl adjacent to an activating group) is 1. The van der Waals surface area contributed by atoms with Crippen molar-refractivity contribution in [1.82, 2.24) is 4.90 Å². The topological polar surface area (TPSA) is 55.6 Å². The Morgan fingerprint density at radius 3 is 2.39 bits per heavy atom. The molecule has 0 fully saturated rings. The smallest absolute Gasteiger partial charge is 0.406 e. The van der Waals surface area contributed by atoms with E-state index in [1.807, 2.05) is 6.26 Å². The van der Waals surface area contributed by atoms with E-state index in [4.69, 9.17) is 5.73 Å². The monoisotopic (exact) mass is 372 g/mol. The Bertz CT molecular complexity index is 486. The first kappa shape index (κ1) is 21.9. The van der Waals surface area contributed by atoms with Crippen LogP contribution in [0.2, 0.25) is 0 Å². The van der Waals surface area contributed by atoms with E-state index in [0.717, 1.165) is 5.75 Å². The predicted molar refractivity (Wildman–Crippen MR) is 87.8 cm³/mol. The van der Waals surface area contributed by atoms with Crippen molar-refractivity contribution >= 4 is 30.1 Å². The number of hydrogen-bond donors (Lipinski definition) is 1. The van der Waals surface area contributed by atoms with Crippen molar-refractivity contribution in [3.63, 3.8) is 0 Å². The zero-order valence-electron chi connectivity index (χ0n) is 12.8. The molecular formula is C14H20ClF3N2O2S. The second-order valence-electron chi connectivity index (χ2n) is 4.77. The first-order valence-corrected chi connectivity index (χ1v) is 7.96. The van der Waals surface area contributed by atoms with E-state index in [1.165, 1.54) is 29.2 Å². The van der Waals surface area contributed by atoms with Gasteiger partial charge in [-0.05, 0) is 36.1 Å². The highest BCUT2D eigenvalue weighted by molar-refractivity contribution is 7.98. The van der Waals surface area contributed by atoms with Crippen LogP contribution in [-0.4, -0.2) is 42.3 Å². The highest BCUT2D eigenvalue weighted by Gasteiger charge is 2.31. The number of ether oxygens (including phenoxy) is 1. The minimum atomic E-state index is -4.71. The fraction of sp³-hybridized carbons (Fsp3) is 0.500. The molecule has 0 radical (unpaired) electrons. The number of halogens is 4. The molecule has 1 aromatic rings. The van der Waals surface area contributed by atoms with Crippen LogP contribution < -0.4 is 10.5 Å². The number of nitrogens with zero attached hydrogens (tertiary/aromatic N) is 1. The predicted octanol–water partition coefficient (Wildman–Crippen LogP) is 3.05. The molecule has 1 rings (SSSR count). The van der Waals surface area contributed by atoms with Crippen molar-refractivity contribution in [3.8, 4) is 5.75 Å². The number of carbonyl (C=O) groups excluding carboxylic acids is 1. The summed E-state index contributed by atoms with van der Waals surface area (Å²) in [4.78, 5) is 13.5. The maximum atomic E-state index is 12.1. The lowest BCUT2D eigenvalue weighted by molar-refractivity contribution is -0.274. The number of rotatable bonds is 7. The summed E-state index contributed by atoms with van der Waals surface area (Å²) in [7, 11) is 1.61. The Morgan fingerprint density at radius 2 is 1.91 bits per heavy atom. The van der Waals surface area contributed by atoms with Gasteiger partial charge in [-0.1, -0.05) is 12.1 Å². The normalized spacial score (nSPS) is 12.3. The van der Waals surface area contributed by atoms with Crippen molar-refractivity contribution in [2.45, 2.75) is 25.4 Å². The average Bonchev–Trinajstić information content (AvgIpc) is 2.44. The molecule has 9 heteroatoms. The van der Waals surface area contributed by atoms with Gasteiger partial charge in [-0.25, -0.2) is 0 Å². The highest BCUT2D eigenvalue weighted by Crippen LogP contribution is 2.23. The Labute approximate surface area is 143 Å². The minimum Gasteiger partial charge on any atom is -0.406 e. The number of nitrogens with two attached hydrogens (primary N) is 1. The first-order chi connectivity index (χ1) is 10.2. The van der Waals surface area contributed by atoms with Crippen molar-refractivity contribution < 1.29 is 22.7 Å². The third-order valence-electron chi connectivity index (χ3n) is 2.90. The van der Waals surface area contributed by atoms with Crippen LogP contribution in [0.3, 0.4) is 0 Å². The average molecular weight is 373 g/mol. The molecule has 0 aromatic heterocycles. The number of amides is 1. The van der Waals surface area contributed by atoms with Crippen molar-refractivity contribution in [3.05, 3.63) is 29.8 Å². The Kier molecular flexibility index (Phi) is 9.41. The molecule has 1 atom stereocenters. The van der Waals surface area contributed by atoms with Crippen LogP contribution in [0.5, 0.6) is 5.75 Å². The van der Waals surface area contributed by atoms with E-state index < -0.39 is 12.4 Å². The summed E-state index contributed by atoms with van der Waals surface area (Å²) < 4.78 is 40.0. The molecule has 132 valence electrons. The van der Waals surface area contributed by atoms with Crippen LogP contribution in [-0.2, 0) is 11.3 Å². The fourth-order valence-corrected chi connectivity index (χ4v) is 2.29. The molecular weight excluding hydrogens is 353 g/mol. The molecule has 0 heterocycles. The number of benzene rings is 1. The van der Waals surface area contributed by atoms with Gasteiger partial charge >= 0.3 is 6.36 Å². The molecule has 0 saturated heterocycles. The maximum Gasteiger partial charge on any atom is 0.573 e. The molecule has 0 aliphatic heterocycles. The van der Waals surface area contributed by atoms with E-state index >= 15 is 0 Å². The first-order valence-electron chi connectivity index (χ1n) is 6.57. The Balaban J connectivity index is 0.00000484. The van der Waals surface area contributed by atoms with Crippen molar-refractivity contribution in [1.29, 1.82) is 0 Å². The van der Waals surface area contributed by atoms with Gasteiger partial charge in [0.25, 0.3) is 0 Å². The van der Waals surface area contributed by atoms with E-state index in [0.29, 0.717) is 12.0 Å². The van der Waals surface area contributed by atoms with E-state index in [1.54, 1.807) is 18.8 Å². The molecule has 0 unspecified atom stereocenters. The molecule has 0 bridgehead atoms. The molecule has 4 nitrogen and oxygen atoms in total. The molecule has 0 aliphatic rings. The van der Waals surface area contributed by atoms with Gasteiger partial charge in [0.15, 0.2) is 0 Å². The van der Waals surface area contributed by atoms with Crippen LogP contribution in [0.1, 0.15) is 12.0 Å². The third kappa shape index (κ3) is 8.34. The zero-order valence-corrected chi connectivity index (χ0v) is 14.4. The van der Waals surface area contributed by atoms with Crippen LogP contribution in [0, 0.1) is 0 Å². The number of alkyl halides is 3. The molecule has 1 amide bonds. The number of thioether (sulfide) groups is 1. The van der Waals surface area contributed by atoms with Gasteiger partial charge in [-0.2, -0.15) is 11.8 Å². The maximum absolute atomic E-state index is 12.1. The molecule has 23 heavy (non-hydrogen) atoms. The van der Waals surface area contributed by atoms with Gasteiger partial charge in [0.05, 0.1) is 6.04 Å². The number of carbonyl (C=O) groups is 1. The van der Waals surface area contributed by atoms with Crippen LogP contribution in [0.25, 0.3) is 0 Å². The van der Waals surface area contributed by atoms with Crippen molar-refractivity contribution in [2.75, 3.05) is 19.1 Å². The largest absolute Gasteiger partial charge is 0.573 e. The summed E-state index contributed by atoms with van der Waals surface area (Å²) >= 11 is 1.61. The molecule has 0 saturated carbocycles. The Hall–Kier alpha value is -1.12. The van der Waals surface area contributed by atoms with Gasteiger partial charge in [0.2, 0.25) is 5.91 Å². The summed E-state index contributed by atoms with van der Waals surface area (Å²) in [6, 6.07) is 4.84. The standard InChI is InChI=1S/C14H19F3N2O2S.ClH/c1-19(13(20)12(18)7-8-22-2)9-10-3-5-11(6-4-10)21-14(15,16)17;/h3-6,12H,7-9,18H2,1-2H3;1H/t12-;/m0./s1. The van der Waals surface area contributed by atoms with Crippen LogP contribution >= 0.6 is 24.2 Å². The second-order valence-corrected chi connectivity index (χ2v) is 5.76. The quantitative estimate of drug-likeness (QED) is 0.799. The fourth-order valence-electron chi connectivity index (χ4n) is 1.80. The zero-order chi connectivity index (χ0) is 16.8. The van der Waals surface area contributed by atoms with Gasteiger partial charge in [-0.3, -0.25) is 4.79 Å². The van der Waals surface area contributed by atoms with Gasteiger partial charge in [0, 0.05) is 13.6 Å². The summed E-state index contributed by atoms with van der Waals surface area (Å²) in [5.41, 5.74) is 6.50. The number of hydrogen-bond acceptors (Lipinski definition) is 4. The van der Waals surface area contributed by atoms with Gasteiger partial charge in [-0.15, -0.1) is 25.6 Å². The molecule has 0 spiro atoms. The Morgan fingerprint density at radius 1 is 1.35 bits per heavy atom. The minimum absolute atomic E-state index is 0. The lowest BCUT2D eigenvalue weighted by Gasteiger charge is -2.21. The van der Waals surface area contributed by atoms with E-state index in [2.05, 4.69) is 4.74 Å². The van der Waals surface area contributed by atoms with Crippen molar-refractivity contribution in [2.24, 2.45) is 5.73 Å². The van der Waals surface area contributed by atoms with Crippen LogP contribution in [0.15, 0.2) is 24.3 Å². The van der Waals surface area contributed by atoms with Crippen LogP contribution in [0.4, 0.5) is 13.2 Å². The third-order valence-corrected chi connectivity index (χ3v) is 3.55. The molecule has 0 aliphatic carbocycles. The van der Waals surface area contributed by atoms with E-state index in [-0.39, 0.29) is 30.6 Å². The summed E-state index contributed by atoms with van der Waals surface area (Å²) in [5, 5.41) is 0. The van der Waals surface area contributed by atoms with E-state index in [9.17, 15) is 18.0 Å². The highest BCUT2D eigenvalue weighted by atomic mass is 35.5. The summed E-state index contributed by atoms with van der Waals surface area (Å²) in [6.45, 7) is 0.276. The molecule has 1 aromatic carbocycles.